The van der Waals surface area contributed by atoms with Crippen molar-refractivity contribution in [3.8, 4) is 0 Å². The first-order chi connectivity index (χ1) is 15.5. The third-order valence-corrected chi connectivity index (χ3v) is 6.76. The quantitative estimate of drug-likeness (QED) is 0.531. The molecule has 1 aromatic heterocycles. The first kappa shape index (κ1) is 21.4. The fraction of sp³-hybridized carbons (Fsp3) is 0.360. The Morgan fingerprint density at radius 2 is 1.88 bits per heavy atom. The van der Waals surface area contributed by atoms with Crippen molar-refractivity contribution in [2.75, 3.05) is 39.4 Å². The van der Waals surface area contributed by atoms with Crippen molar-refractivity contribution >= 4 is 32.8 Å². The van der Waals surface area contributed by atoms with Crippen molar-refractivity contribution in [3.63, 3.8) is 0 Å². The Balaban J connectivity index is 1.54. The highest BCUT2D eigenvalue weighted by molar-refractivity contribution is 9.10. The van der Waals surface area contributed by atoms with E-state index in [-0.39, 0.29) is 17.1 Å². The first-order valence-corrected chi connectivity index (χ1v) is 11.8. The molecule has 1 saturated heterocycles. The predicted octanol–water partition coefficient (Wildman–Crippen LogP) is 4.13. The van der Waals surface area contributed by atoms with Crippen molar-refractivity contribution in [2.45, 2.75) is 19.4 Å². The molecule has 0 bridgehead atoms. The minimum atomic E-state index is -0.458. The maximum atomic E-state index is 13.6. The summed E-state index contributed by atoms with van der Waals surface area (Å²) in [5.41, 5.74) is 2.65. The number of carbonyl (C=O) groups is 1. The second-order valence-corrected chi connectivity index (χ2v) is 9.35. The molecule has 0 spiro atoms. The molecule has 7 heteroatoms. The number of fused-ring (bicyclic) bond motifs is 2. The molecule has 0 radical (unpaired) electrons. The minimum absolute atomic E-state index is 0.126. The summed E-state index contributed by atoms with van der Waals surface area (Å²) in [5, 5.41) is 0.520. The molecule has 3 aromatic rings. The van der Waals surface area contributed by atoms with E-state index in [0.717, 1.165) is 54.9 Å². The Hall–Kier alpha value is -2.48. The molecule has 166 valence electrons. The highest BCUT2D eigenvalue weighted by Gasteiger charge is 2.42. The van der Waals surface area contributed by atoms with Gasteiger partial charge in [-0.05, 0) is 43.2 Å². The van der Waals surface area contributed by atoms with E-state index in [1.54, 1.807) is 11.0 Å². The van der Waals surface area contributed by atoms with Gasteiger partial charge in [0.2, 0.25) is 5.76 Å². The van der Waals surface area contributed by atoms with E-state index >= 15 is 0 Å². The SMILES string of the molecule is Cc1ccc2oc3c(c(=O)c2c1)[C@@H](c1cccc(Br)c1)N(CCCN1CCOCC1)C3=O. The fourth-order valence-corrected chi connectivity index (χ4v) is 5.09. The summed E-state index contributed by atoms with van der Waals surface area (Å²) in [6.45, 7) is 6.70. The monoisotopic (exact) mass is 496 g/mol. The number of rotatable bonds is 5. The highest BCUT2D eigenvalue weighted by Crippen LogP contribution is 2.39. The third-order valence-electron chi connectivity index (χ3n) is 6.26. The van der Waals surface area contributed by atoms with Crippen LogP contribution >= 0.6 is 15.9 Å². The smallest absolute Gasteiger partial charge is 0.290 e. The van der Waals surface area contributed by atoms with Gasteiger partial charge in [0.1, 0.15) is 5.58 Å². The van der Waals surface area contributed by atoms with E-state index < -0.39 is 6.04 Å². The maximum Gasteiger partial charge on any atom is 0.290 e. The van der Waals surface area contributed by atoms with Gasteiger partial charge in [0.05, 0.1) is 30.2 Å². The Bertz CT molecular complexity index is 1230. The standard InChI is InChI=1S/C25H25BrN2O4/c1-16-6-7-20-19(14-16)23(29)21-22(17-4-2-5-18(26)15-17)28(25(30)24(21)32-20)9-3-8-27-10-12-31-13-11-27/h2,4-7,14-15,22H,3,8-13H2,1H3/t22-/m1/s1. The van der Waals surface area contributed by atoms with Crippen molar-refractivity contribution in [3.05, 3.63) is 79.6 Å². The summed E-state index contributed by atoms with van der Waals surface area (Å²) < 4.78 is 12.4. The lowest BCUT2D eigenvalue weighted by atomic mass is 9.98. The van der Waals surface area contributed by atoms with Crippen molar-refractivity contribution in [1.82, 2.24) is 9.80 Å². The number of aryl methyl sites for hydroxylation is 1. The second-order valence-electron chi connectivity index (χ2n) is 8.44. The lowest BCUT2D eigenvalue weighted by molar-refractivity contribution is 0.0353. The van der Waals surface area contributed by atoms with E-state index in [2.05, 4.69) is 20.8 Å². The molecular formula is C25H25BrN2O4. The summed E-state index contributed by atoms with van der Waals surface area (Å²) >= 11 is 3.53. The zero-order chi connectivity index (χ0) is 22.2. The van der Waals surface area contributed by atoms with E-state index in [9.17, 15) is 9.59 Å². The van der Waals surface area contributed by atoms with Crippen LogP contribution in [-0.4, -0.2) is 55.1 Å². The Kier molecular flexibility index (Phi) is 5.88. The van der Waals surface area contributed by atoms with Crippen LogP contribution < -0.4 is 5.43 Å². The van der Waals surface area contributed by atoms with Gasteiger partial charge in [-0.25, -0.2) is 0 Å². The van der Waals surface area contributed by atoms with Crippen molar-refractivity contribution < 1.29 is 13.9 Å². The van der Waals surface area contributed by atoms with Crippen molar-refractivity contribution in [1.29, 1.82) is 0 Å². The van der Waals surface area contributed by atoms with Crippen LogP contribution in [0.1, 0.15) is 39.7 Å². The predicted molar refractivity (Wildman–Crippen MR) is 126 cm³/mol. The number of benzene rings is 2. The molecule has 0 unspecified atom stereocenters. The number of hydrogen-bond acceptors (Lipinski definition) is 5. The number of hydrogen-bond donors (Lipinski definition) is 0. The van der Waals surface area contributed by atoms with Gasteiger partial charge in [-0.15, -0.1) is 0 Å². The molecule has 0 N–H and O–H groups in total. The second kappa shape index (κ2) is 8.81. The molecule has 32 heavy (non-hydrogen) atoms. The average Bonchev–Trinajstić information content (AvgIpc) is 3.07. The zero-order valence-electron chi connectivity index (χ0n) is 18.0. The summed E-state index contributed by atoms with van der Waals surface area (Å²) in [5.74, 6) is -0.0470. The van der Waals surface area contributed by atoms with Crippen LogP contribution in [0.25, 0.3) is 11.0 Å². The Morgan fingerprint density at radius 3 is 2.66 bits per heavy atom. The number of ether oxygens (including phenoxy) is 1. The van der Waals surface area contributed by atoms with E-state index in [1.807, 2.05) is 43.3 Å². The topological polar surface area (TPSA) is 63.0 Å². The molecule has 3 heterocycles. The molecule has 2 aromatic carbocycles. The van der Waals surface area contributed by atoms with Crippen LogP contribution in [0, 0.1) is 6.92 Å². The third kappa shape index (κ3) is 3.89. The van der Waals surface area contributed by atoms with E-state index in [0.29, 0.717) is 23.1 Å². The minimum Gasteiger partial charge on any atom is -0.450 e. The molecule has 1 fully saturated rings. The first-order valence-electron chi connectivity index (χ1n) is 11.0. The van der Waals surface area contributed by atoms with Gasteiger partial charge in [-0.2, -0.15) is 0 Å². The fourth-order valence-electron chi connectivity index (χ4n) is 4.68. The molecule has 1 amide bonds. The van der Waals surface area contributed by atoms with E-state index in [1.165, 1.54) is 0 Å². The lowest BCUT2D eigenvalue weighted by Crippen LogP contribution is -2.38. The summed E-state index contributed by atoms with van der Waals surface area (Å²) in [7, 11) is 0. The number of nitrogens with zero attached hydrogens (tertiary/aromatic N) is 2. The van der Waals surface area contributed by atoms with Gasteiger partial charge in [-0.3, -0.25) is 14.5 Å². The molecular weight excluding hydrogens is 472 g/mol. The van der Waals surface area contributed by atoms with Crippen LogP contribution in [0.3, 0.4) is 0 Å². The van der Waals surface area contributed by atoms with Crippen LogP contribution in [0.4, 0.5) is 0 Å². The molecule has 6 nitrogen and oxygen atoms in total. The zero-order valence-corrected chi connectivity index (χ0v) is 19.6. The molecule has 2 aliphatic rings. The molecule has 0 aliphatic carbocycles. The highest BCUT2D eigenvalue weighted by atomic mass is 79.9. The lowest BCUT2D eigenvalue weighted by Gasteiger charge is -2.29. The van der Waals surface area contributed by atoms with Crippen molar-refractivity contribution in [2.24, 2.45) is 0 Å². The van der Waals surface area contributed by atoms with Gasteiger partial charge in [0.25, 0.3) is 5.91 Å². The Morgan fingerprint density at radius 1 is 1.06 bits per heavy atom. The molecule has 2 aliphatic heterocycles. The van der Waals surface area contributed by atoms with Gasteiger partial charge in [0, 0.05) is 30.7 Å². The number of carbonyl (C=O) groups excluding carboxylic acids is 1. The number of amides is 1. The van der Waals surface area contributed by atoms with Gasteiger partial charge < -0.3 is 14.1 Å². The van der Waals surface area contributed by atoms with Gasteiger partial charge in [-0.1, -0.05) is 39.7 Å². The van der Waals surface area contributed by atoms with E-state index in [4.69, 9.17) is 9.15 Å². The maximum absolute atomic E-state index is 13.6. The van der Waals surface area contributed by atoms with Crippen LogP contribution in [-0.2, 0) is 4.74 Å². The molecule has 5 rings (SSSR count). The summed E-state index contributed by atoms with van der Waals surface area (Å²) in [6.07, 6.45) is 0.817. The van der Waals surface area contributed by atoms with Crippen LogP contribution in [0.2, 0.25) is 0 Å². The van der Waals surface area contributed by atoms with Gasteiger partial charge >= 0.3 is 0 Å². The average molecular weight is 497 g/mol. The van der Waals surface area contributed by atoms with Crippen LogP contribution in [0.5, 0.6) is 0 Å². The number of morpholine rings is 1. The summed E-state index contributed by atoms with van der Waals surface area (Å²) in [4.78, 5) is 31.2. The number of halogens is 1. The summed E-state index contributed by atoms with van der Waals surface area (Å²) in [6, 6.07) is 12.9. The van der Waals surface area contributed by atoms with Gasteiger partial charge in [0.15, 0.2) is 5.43 Å². The normalized spacial score (nSPS) is 19.0. The van der Waals surface area contributed by atoms with Crippen LogP contribution in [0.15, 0.2) is 56.1 Å². The largest absolute Gasteiger partial charge is 0.450 e. The molecule has 1 atom stereocenters. The molecule has 0 saturated carbocycles. The Labute approximate surface area is 194 Å².